The number of fused-ring (bicyclic) bond motifs is 2. The third kappa shape index (κ3) is 2.73. The number of hydrogen-bond acceptors (Lipinski definition) is 2. The molecule has 4 rings (SSSR count). The van der Waals surface area contributed by atoms with Crippen LogP contribution in [0.2, 0.25) is 5.02 Å². The van der Waals surface area contributed by atoms with Crippen LogP contribution in [0.3, 0.4) is 0 Å². The van der Waals surface area contributed by atoms with Crippen LogP contribution in [-0.4, -0.2) is 12.4 Å². The maximum absolute atomic E-state index is 6.12. The van der Waals surface area contributed by atoms with Crippen molar-refractivity contribution in [3.05, 3.63) is 77.3 Å². The van der Waals surface area contributed by atoms with Gasteiger partial charge in [0.25, 0.3) is 0 Å². The zero-order chi connectivity index (χ0) is 15.8. The Balaban J connectivity index is 1.65. The molecule has 1 aliphatic rings. The number of anilines is 1. The third-order valence-corrected chi connectivity index (χ3v) is 5.74. The average molecular weight is 338 g/mol. The highest BCUT2D eigenvalue weighted by Crippen LogP contribution is 2.44. The number of thioether (sulfide) groups is 1. The van der Waals surface area contributed by atoms with E-state index in [0.29, 0.717) is 5.37 Å². The van der Waals surface area contributed by atoms with Crippen molar-refractivity contribution < 1.29 is 0 Å². The van der Waals surface area contributed by atoms with Crippen molar-refractivity contribution in [1.82, 2.24) is 0 Å². The summed E-state index contributed by atoms with van der Waals surface area (Å²) in [5.41, 5.74) is 2.46. The molecule has 3 aromatic carbocycles. The minimum absolute atomic E-state index is 0.294. The summed E-state index contributed by atoms with van der Waals surface area (Å²) in [6.07, 6.45) is 4.49. The van der Waals surface area contributed by atoms with E-state index in [9.17, 15) is 0 Å². The molecule has 23 heavy (non-hydrogen) atoms. The second kappa shape index (κ2) is 5.95. The molecule has 1 nitrogen and oxygen atoms in total. The van der Waals surface area contributed by atoms with Gasteiger partial charge in [-0.3, -0.25) is 0 Å². The first-order valence-corrected chi connectivity index (χ1v) is 8.83. The lowest BCUT2D eigenvalue weighted by Gasteiger charge is -2.18. The van der Waals surface area contributed by atoms with E-state index >= 15 is 0 Å². The quantitative estimate of drug-likeness (QED) is 0.558. The van der Waals surface area contributed by atoms with Crippen molar-refractivity contribution in [3.63, 3.8) is 0 Å². The van der Waals surface area contributed by atoms with Crippen LogP contribution in [-0.2, 0) is 0 Å². The molecule has 1 aliphatic heterocycles. The van der Waals surface area contributed by atoms with Crippen LogP contribution in [0.25, 0.3) is 16.8 Å². The van der Waals surface area contributed by atoms with Crippen LogP contribution < -0.4 is 4.90 Å². The standard InChI is InChI=1S/C20H16ClNS/c1-22-18-13-16(21)10-11-19(18)23-20(22)12-9-15-7-4-6-14-5-2-3-8-17(14)15/h2-13,20H,1H3. The molecule has 0 bridgehead atoms. The maximum atomic E-state index is 6.12. The van der Waals surface area contributed by atoms with E-state index in [1.165, 1.54) is 26.9 Å². The van der Waals surface area contributed by atoms with E-state index < -0.39 is 0 Å². The molecule has 0 radical (unpaired) electrons. The van der Waals surface area contributed by atoms with Gasteiger partial charge < -0.3 is 4.90 Å². The Labute approximate surface area is 145 Å². The Kier molecular flexibility index (Phi) is 3.80. The van der Waals surface area contributed by atoms with Crippen molar-refractivity contribution in [2.24, 2.45) is 0 Å². The van der Waals surface area contributed by atoms with Crippen molar-refractivity contribution in [1.29, 1.82) is 0 Å². The van der Waals surface area contributed by atoms with Crippen molar-refractivity contribution >= 4 is 45.9 Å². The highest BCUT2D eigenvalue weighted by Gasteiger charge is 2.25. The van der Waals surface area contributed by atoms with Gasteiger partial charge in [-0.25, -0.2) is 0 Å². The summed E-state index contributed by atoms with van der Waals surface area (Å²) >= 11 is 7.98. The van der Waals surface area contributed by atoms with Crippen LogP contribution in [0.1, 0.15) is 5.56 Å². The zero-order valence-electron chi connectivity index (χ0n) is 12.7. The fraction of sp³-hybridized carbons (Fsp3) is 0.100. The molecule has 114 valence electrons. The van der Waals surface area contributed by atoms with Crippen LogP contribution in [0.5, 0.6) is 0 Å². The lowest BCUT2D eigenvalue weighted by atomic mass is 10.0. The average Bonchev–Trinajstić information content (AvgIpc) is 2.89. The molecule has 0 spiro atoms. The number of nitrogens with zero attached hydrogens (tertiary/aromatic N) is 1. The largest absolute Gasteiger partial charge is 0.358 e. The first kappa shape index (κ1) is 14.7. The van der Waals surface area contributed by atoms with Crippen LogP contribution in [0.15, 0.2) is 71.6 Å². The number of benzene rings is 3. The molecule has 0 saturated carbocycles. The first-order valence-electron chi connectivity index (χ1n) is 7.57. The molecule has 1 heterocycles. The minimum Gasteiger partial charge on any atom is -0.358 e. The van der Waals surface area contributed by atoms with Gasteiger partial charge >= 0.3 is 0 Å². The highest BCUT2D eigenvalue weighted by atomic mass is 35.5. The Morgan fingerprint density at radius 1 is 1.04 bits per heavy atom. The second-order valence-corrected chi connectivity index (χ2v) is 7.25. The predicted molar refractivity (Wildman–Crippen MR) is 102 cm³/mol. The third-order valence-electron chi connectivity index (χ3n) is 4.19. The molecule has 0 fully saturated rings. The Hall–Kier alpha value is -1.90. The maximum Gasteiger partial charge on any atom is 0.0983 e. The summed E-state index contributed by atoms with van der Waals surface area (Å²) in [7, 11) is 2.12. The van der Waals surface area contributed by atoms with Gasteiger partial charge in [0.05, 0.1) is 11.1 Å². The van der Waals surface area contributed by atoms with Gasteiger partial charge in [0, 0.05) is 17.0 Å². The number of halogens is 1. The summed E-state index contributed by atoms with van der Waals surface area (Å²) in [6.45, 7) is 0. The fourth-order valence-electron chi connectivity index (χ4n) is 2.96. The summed E-state index contributed by atoms with van der Waals surface area (Å²) < 4.78 is 0. The first-order chi connectivity index (χ1) is 11.2. The summed E-state index contributed by atoms with van der Waals surface area (Å²) in [6, 6.07) is 21.0. The molecule has 3 heteroatoms. The van der Waals surface area contributed by atoms with Gasteiger partial charge in [-0.05, 0) is 34.5 Å². The molecule has 0 amide bonds. The number of likely N-dealkylation sites (N-methyl/N-ethyl adjacent to an activating group) is 1. The van der Waals surface area contributed by atoms with Crippen LogP contribution >= 0.6 is 23.4 Å². The Morgan fingerprint density at radius 3 is 2.78 bits per heavy atom. The van der Waals surface area contributed by atoms with Crippen LogP contribution in [0, 0.1) is 0 Å². The highest BCUT2D eigenvalue weighted by molar-refractivity contribution is 8.00. The lowest BCUT2D eigenvalue weighted by molar-refractivity contribution is 0.993. The van der Waals surface area contributed by atoms with Crippen LogP contribution in [0.4, 0.5) is 5.69 Å². The van der Waals surface area contributed by atoms with Gasteiger partial charge in [0.1, 0.15) is 0 Å². The number of rotatable bonds is 2. The van der Waals surface area contributed by atoms with Gasteiger partial charge in [-0.2, -0.15) is 0 Å². The van der Waals surface area contributed by atoms with E-state index in [2.05, 4.69) is 72.6 Å². The number of hydrogen-bond donors (Lipinski definition) is 0. The smallest absolute Gasteiger partial charge is 0.0983 e. The van der Waals surface area contributed by atoms with Gasteiger partial charge in [-0.1, -0.05) is 78.0 Å². The molecule has 1 atom stereocenters. The topological polar surface area (TPSA) is 3.24 Å². The van der Waals surface area contributed by atoms with Gasteiger partial charge in [-0.15, -0.1) is 0 Å². The SMILES string of the molecule is CN1c2cc(Cl)ccc2SC1C=Cc1cccc2ccccc12. The fourth-order valence-corrected chi connectivity index (χ4v) is 4.29. The predicted octanol–water partition coefficient (Wildman–Crippen LogP) is 6.07. The van der Waals surface area contributed by atoms with E-state index in [1.54, 1.807) is 0 Å². The minimum atomic E-state index is 0.294. The summed E-state index contributed by atoms with van der Waals surface area (Å²) in [5.74, 6) is 0. The molecule has 0 saturated heterocycles. The zero-order valence-corrected chi connectivity index (χ0v) is 14.3. The normalized spacial score (nSPS) is 17.1. The summed E-state index contributed by atoms with van der Waals surface area (Å²) in [4.78, 5) is 3.55. The summed E-state index contributed by atoms with van der Waals surface area (Å²) in [5, 5.41) is 3.65. The van der Waals surface area contributed by atoms with Gasteiger partial charge in [0.2, 0.25) is 0 Å². The molecule has 0 aliphatic carbocycles. The molecule has 0 aromatic heterocycles. The Morgan fingerprint density at radius 2 is 1.87 bits per heavy atom. The molecule has 0 N–H and O–H groups in total. The monoisotopic (exact) mass is 337 g/mol. The van der Waals surface area contributed by atoms with Crippen molar-refractivity contribution in [3.8, 4) is 0 Å². The van der Waals surface area contributed by atoms with E-state index in [4.69, 9.17) is 11.6 Å². The van der Waals surface area contributed by atoms with Crippen molar-refractivity contribution in [2.45, 2.75) is 10.3 Å². The second-order valence-electron chi connectivity index (χ2n) is 5.66. The Bertz CT molecular complexity index is 898. The molecular formula is C20H16ClNS. The molecule has 1 unspecified atom stereocenters. The van der Waals surface area contributed by atoms with Crippen molar-refractivity contribution in [2.75, 3.05) is 11.9 Å². The van der Waals surface area contributed by atoms with E-state index in [0.717, 1.165) is 5.02 Å². The lowest BCUT2D eigenvalue weighted by Crippen LogP contribution is -2.21. The van der Waals surface area contributed by atoms with Gasteiger partial charge in [0.15, 0.2) is 0 Å². The molecule has 3 aromatic rings. The van der Waals surface area contributed by atoms with E-state index in [1.807, 2.05) is 23.9 Å². The van der Waals surface area contributed by atoms with E-state index in [-0.39, 0.29) is 0 Å². The molecular weight excluding hydrogens is 322 g/mol.